The molecule has 0 saturated heterocycles. The van der Waals surface area contributed by atoms with E-state index in [0.29, 0.717) is 0 Å². The van der Waals surface area contributed by atoms with Gasteiger partial charge in [-0.1, -0.05) is 58.9 Å². The molecule has 0 fully saturated rings. The highest BCUT2D eigenvalue weighted by Crippen LogP contribution is 2.35. The number of aliphatic hydroxyl groups excluding tert-OH is 4. The number of aryl methyl sites for hydroxylation is 1. The number of fused-ring (bicyclic) bond motifs is 1. The van der Waals surface area contributed by atoms with Crippen LogP contribution in [0, 0.1) is 36.5 Å². The molecule has 0 saturated carbocycles. The van der Waals surface area contributed by atoms with E-state index in [2.05, 4.69) is 0 Å². The van der Waals surface area contributed by atoms with Crippen LogP contribution < -0.4 is 5.73 Å². The van der Waals surface area contributed by atoms with Crippen LogP contribution in [0.4, 0.5) is 0 Å². The first kappa shape index (κ1) is 38.3. The predicted octanol–water partition coefficient (Wildman–Crippen LogP) is 3.26. The van der Waals surface area contributed by atoms with Crippen molar-refractivity contribution in [2.75, 3.05) is 0 Å². The molecule has 8 N–H and O–H groups in total. The maximum atomic E-state index is 13.5. The summed E-state index contributed by atoms with van der Waals surface area (Å²) in [4.78, 5) is 49.9. The van der Waals surface area contributed by atoms with Crippen LogP contribution in [0.3, 0.4) is 0 Å². The third-order valence-corrected chi connectivity index (χ3v) is 9.04. The van der Waals surface area contributed by atoms with Gasteiger partial charge in [0.1, 0.15) is 5.75 Å². The standard InChI is InChI=1S/C35H47NO10/c1-15(10-9-11-16(2)35(45)46)28(38)20(6)32(42)22(8)33(43)21(7)29(39)17(3)12-18(4)30(40)27-26-23(13-19(5)31(27)41)34(44)24(36)14-25(26)37/h9-15,17,20-22,28-29,32-33,38-39,41-43H,36H2,1-8H3,(H,45,46)/b10-9+,16-11+,18-12+/t15-,17+,20+,21-,22+,28+,29-,32+,33-/m1/s1. The highest BCUT2D eigenvalue weighted by molar-refractivity contribution is 6.29. The summed E-state index contributed by atoms with van der Waals surface area (Å²) < 4.78 is 0. The van der Waals surface area contributed by atoms with Crippen LogP contribution in [0.25, 0.3) is 0 Å². The number of Topliss-reactive ketones (excluding diaryl/α,β-unsaturated/α-hetero) is 2. The Morgan fingerprint density at radius 1 is 0.826 bits per heavy atom. The van der Waals surface area contributed by atoms with Crippen molar-refractivity contribution in [2.24, 2.45) is 35.3 Å². The fourth-order valence-electron chi connectivity index (χ4n) is 5.75. The van der Waals surface area contributed by atoms with Crippen LogP contribution in [0.15, 0.2) is 53.3 Å². The van der Waals surface area contributed by atoms with Crippen LogP contribution in [0.2, 0.25) is 0 Å². The number of aromatic hydroxyl groups is 1. The largest absolute Gasteiger partial charge is 0.507 e. The highest BCUT2D eigenvalue weighted by Gasteiger charge is 2.38. The minimum atomic E-state index is -1.22. The molecule has 11 heteroatoms. The van der Waals surface area contributed by atoms with Crippen LogP contribution in [-0.4, -0.2) is 78.4 Å². The lowest BCUT2D eigenvalue weighted by atomic mass is 9.77. The number of rotatable bonds is 14. The zero-order chi connectivity index (χ0) is 35.4. The number of allylic oxidation sites excluding steroid dienone is 5. The zero-order valence-electron chi connectivity index (χ0n) is 27.6. The maximum absolute atomic E-state index is 13.5. The fraction of sp³-hybridized carbons (Fsp3) is 0.486. The molecule has 0 aliphatic heterocycles. The van der Waals surface area contributed by atoms with Crippen molar-refractivity contribution in [2.45, 2.75) is 79.8 Å². The molecule has 1 aliphatic carbocycles. The van der Waals surface area contributed by atoms with E-state index in [4.69, 9.17) is 10.8 Å². The van der Waals surface area contributed by atoms with Crippen molar-refractivity contribution in [1.82, 2.24) is 0 Å². The van der Waals surface area contributed by atoms with E-state index in [0.717, 1.165) is 6.08 Å². The first-order valence-electron chi connectivity index (χ1n) is 15.2. The molecule has 0 amide bonds. The number of phenols is 1. The molecule has 9 atom stereocenters. The average Bonchev–Trinajstić information content (AvgIpc) is 3.01. The van der Waals surface area contributed by atoms with Gasteiger partial charge in [-0.3, -0.25) is 14.4 Å². The number of aliphatic hydroxyl groups is 4. The van der Waals surface area contributed by atoms with Crippen LogP contribution in [0.1, 0.15) is 85.1 Å². The molecule has 252 valence electrons. The summed E-state index contributed by atoms with van der Waals surface area (Å²) >= 11 is 0. The Balaban J connectivity index is 2.21. The van der Waals surface area contributed by atoms with Gasteiger partial charge in [-0.15, -0.1) is 0 Å². The average molecular weight is 642 g/mol. The number of carbonyl (C=O) groups is 4. The van der Waals surface area contributed by atoms with Crippen molar-refractivity contribution in [3.8, 4) is 5.75 Å². The number of carboxylic acid groups (broad SMARTS) is 1. The second-order valence-electron chi connectivity index (χ2n) is 12.6. The third kappa shape index (κ3) is 8.27. The van der Waals surface area contributed by atoms with Gasteiger partial charge in [0.05, 0.1) is 35.7 Å². The summed E-state index contributed by atoms with van der Waals surface area (Å²) in [6.45, 7) is 12.5. The van der Waals surface area contributed by atoms with Crippen molar-refractivity contribution >= 4 is 23.3 Å². The third-order valence-electron chi connectivity index (χ3n) is 9.04. The number of phenolic OH excluding ortho intramolecular Hbond substituents is 1. The van der Waals surface area contributed by atoms with E-state index in [1.807, 2.05) is 0 Å². The fourth-order valence-corrected chi connectivity index (χ4v) is 5.75. The van der Waals surface area contributed by atoms with Crippen molar-refractivity contribution in [3.63, 3.8) is 0 Å². The number of nitrogens with two attached hydrogens (primary N) is 1. The van der Waals surface area contributed by atoms with Gasteiger partial charge >= 0.3 is 5.97 Å². The lowest BCUT2D eigenvalue weighted by Crippen LogP contribution is -2.45. The summed E-state index contributed by atoms with van der Waals surface area (Å²) in [7, 11) is 0. The van der Waals surface area contributed by atoms with E-state index in [-0.39, 0.29) is 39.1 Å². The summed E-state index contributed by atoms with van der Waals surface area (Å²) in [5.74, 6) is -6.96. The minimum absolute atomic E-state index is 0.0799. The molecular formula is C35H47NO10. The van der Waals surface area contributed by atoms with Gasteiger partial charge in [0.15, 0.2) is 11.6 Å². The van der Waals surface area contributed by atoms with Crippen molar-refractivity contribution < 1.29 is 49.8 Å². The van der Waals surface area contributed by atoms with Crippen LogP contribution in [0.5, 0.6) is 5.75 Å². The number of ketones is 3. The SMILES string of the molecule is C/C(=C\C=C\[C@@H](C)[C@H](O)[C@H](C)[C@H](O)[C@H](C)[C@H](O)[C@H](C)[C@H](O)[C@@H](C)/C=C(\C)C(=O)c1c(O)c(C)cc2c1C(=O)C=C(N)C2=O)C(=O)O. The van der Waals surface area contributed by atoms with Gasteiger partial charge in [-0.2, -0.15) is 0 Å². The normalized spacial score (nSPS) is 20.2. The lowest BCUT2D eigenvalue weighted by Gasteiger charge is -2.36. The Labute approximate surface area is 269 Å². The van der Waals surface area contributed by atoms with E-state index >= 15 is 0 Å². The molecule has 1 aromatic carbocycles. The number of benzene rings is 1. The van der Waals surface area contributed by atoms with Gasteiger partial charge in [0.2, 0.25) is 5.78 Å². The Hall–Kier alpha value is -3.90. The van der Waals surface area contributed by atoms with E-state index in [1.54, 1.807) is 40.7 Å². The number of carboxylic acids is 1. The van der Waals surface area contributed by atoms with E-state index < -0.39 is 83.1 Å². The number of aliphatic carboxylic acids is 1. The summed E-state index contributed by atoms with van der Waals surface area (Å²) in [6, 6.07) is 1.31. The second-order valence-corrected chi connectivity index (χ2v) is 12.6. The monoisotopic (exact) mass is 641 g/mol. The topological polar surface area (TPSA) is 216 Å². The first-order valence-corrected chi connectivity index (χ1v) is 15.2. The van der Waals surface area contributed by atoms with Gasteiger partial charge in [0.25, 0.3) is 0 Å². The van der Waals surface area contributed by atoms with Gasteiger partial charge in [-0.25, -0.2) is 4.79 Å². The Kier molecular flexibility index (Phi) is 13.0. The summed E-state index contributed by atoms with van der Waals surface area (Å²) in [5.41, 5.74) is 5.15. The molecule has 0 heterocycles. The Morgan fingerprint density at radius 2 is 1.33 bits per heavy atom. The van der Waals surface area contributed by atoms with Crippen LogP contribution >= 0.6 is 0 Å². The molecular weight excluding hydrogens is 594 g/mol. The van der Waals surface area contributed by atoms with Gasteiger partial charge < -0.3 is 36.4 Å². The second kappa shape index (κ2) is 15.6. The van der Waals surface area contributed by atoms with Crippen molar-refractivity contribution in [3.05, 3.63) is 75.5 Å². The Bertz CT molecular complexity index is 1490. The van der Waals surface area contributed by atoms with Crippen LogP contribution in [-0.2, 0) is 4.79 Å². The smallest absolute Gasteiger partial charge is 0.331 e. The highest BCUT2D eigenvalue weighted by atomic mass is 16.4. The minimum Gasteiger partial charge on any atom is -0.507 e. The quantitative estimate of drug-likeness (QED) is 0.0889. The summed E-state index contributed by atoms with van der Waals surface area (Å²) in [5, 5.41) is 63.8. The maximum Gasteiger partial charge on any atom is 0.331 e. The molecule has 0 radical (unpaired) electrons. The number of hydrogen-bond donors (Lipinski definition) is 7. The molecule has 0 aromatic heterocycles. The Morgan fingerprint density at radius 3 is 1.85 bits per heavy atom. The molecule has 2 rings (SSSR count). The van der Waals surface area contributed by atoms with E-state index in [1.165, 1.54) is 45.1 Å². The predicted molar refractivity (Wildman–Crippen MR) is 172 cm³/mol. The molecule has 0 unspecified atom stereocenters. The first-order chi connectivity index (χ1) is 21.2. The van der Waals surface area contributed by atoms with Gasteiger partial charge in [-0.05, 0) is 38.0 Å². The number of hydrogen-bond acceptors (Lipinski definition) is 10. The molecule has 0 bridgehead atoms. The van der Waals surface area contributed by atoms with E-state index in [9.17, 15) is 44.7 Å². The lowest BCUT2D eigenvalue weighted by molar-refractivity contribution is -0.132. The summed E-state index contributed by atoms with van der Waals surface area (Å²) in [6.07, 6.45) is 2.32. The molecule has 46 heavy (non-hydrogen) atoms. The molecule has 1 aromatic rings. The molecule has 1 aliphatic rings. The number of carbonyl (C=O) groups excluding carboxylic acids is 3. The van der Waals surface area contributed by atoms with Crippen molar-refractivity contribution in [1.29, 1.82) is 0 Å². The zero-order valence-corrected chi connectivity index (χ0v) is 27.6. The molecule has 0 spiro atoms. The molecule has 11 nitrogen and oxygen atoms in total. The van der Waals surface area contributed by atoms with Gasteiger partial charge in [0, 0.05) is 52.4 Å².